The van der Waals surface area contributed by atoms with Crippen LogP contribution in [0.5, 0.6) is 0 Å². The molecule has 286 valence electrons. The maximum Gasteiger partial charge on any atom is 0.337 e. The fourth-order valence-corrected chi connectivity index (χ4v) is 3.27. The first-order chi connectivity index (χ1) is 25.5. The SMILES string of the molecule is Brc1ccccc1.CC.CC.CC.CC.CC.COC(=O)c1ccccc1.N#CCc1ccccc1.OCc1ccccc1.OCc1ccccc1. The number of nitrogens with zero attached hydrogens (tertiary/aromatic N) is 1. The number of hydrogen-bond donors (Lipinski definition) is 2. The van der Waals surface area contributed by atoms with Crippen LogP contribution in [0.25, 0.3) is 0 Å². The molecule has 0 aliphatic heterocycles. The van der Waals surface area contributed by atoms with Crippen molar-refractivity contribution in [2.45, 2.75) is 88.9 Å². The summed E-state index contributed by atoms with van der Waals surface area (Å²) in [6, 6.07) is 49.7. The number of aliphatic hydroxyl groups is 2. The normalized spacial score (nSPS) is 7.71. The van der Waals surface area contributed by atoms with Gasteiger partial charge >= 0.3 is 5.97 Å². The molecule has 0 aromatic heterocycles. The lowest BCUT2D eigenvalue weighted by Crippen LogP contribution is -1.99. The molecule has 0 unspecified atom stereocenters. The van der Waals surface area contributed by atoms with E-state index in [0.717, 1.165) is 21.2 Å². The highest BCUT2D eigenvalue weighted by Crippen LogP contribution is 2.05. The molecule has 0 spiro atoms. The minimum Gasteiger partial charge on any atom is -0.465 e. The number of aliphatic hydroxyl groups excluding tert-OH is 2. The predicted octanol–water partition coefficient (Wildman–Crippen LogP) is 13.2. The largest absolute Gasteiger partial charge is 0.465 e. The molecule has 0 bridgehead atoms. The molecule has 0 saturated heterocycles. The number of carbonyl (C=O) groups is 1. The van der Waals surface area contributed by atoms with Crippen molar-refractivity contribution in [3.8, 4) is 6.07 Å². The summed E-state index contributed by atoms with van der Waals surface area (Å²) in [7, 11) is 1.37. The van der Waals surface area contributed by atoms with Gasteiger partial charge in [0.2, 0.25) is 0 Å². The Labute approximate surface area is 326 Å². The zero-order valence-electron chi connectivity index (χ0n) is 33.6. The van der Waals surface area contributed by atoms with Crippen LogP contribution in [0.15, 0.2) is 156 Å². The Hall–Kier alpha value is -4.54. The maximum absolute atomic E-state index is 10.8. The molecule has 0 heterocycles. The molecule has 0 amide bonds. The van der Waals surface area contributed by atoms with E-state index in [9.17, 15) is 4.79 Å². The molecule has 0 aliphatic carbocycles. The average Bonchev–Trinajstić information content (AvgIpc) is 3.27. The van der Waals surface area contributed by atoms with Gasteiger partial charge < -0.3 is 14.9 Å². The quantitative estimate of drug-likeness (QED) is 0.177. The molecule has 5 nitrogen and oxygen atoms in total. The van der Waals surface area contributed by atoms with Gasteiger partial charge in [0.1, 0.15) is 0 Å². The Balaban J connectivity index is -0.000000167. The molecule has 0 saturated carbocycles. The molecule has 2 N–H and O–H groups in total. The Kier molecular flexibility index (Phi) is 55.5. The van der Waals surface area contributed by atoms with Crippen molar-refractivity contribution in [2.24, 2.45) is 0 Å². The Morgan fingerprint density at radius 1 is 0.519 bits per heavy atom. The second-order valence-electron chi connectivity index (χ2n) is 8.26. The monoisotopic (exact) mass is 775 g/mol. The van der Waals surface area contributed by atoms with Gasteiger partial charge in [-0.05, 0) is 41.0 Å². The van der Waals surface area contributed by atoms with Crippen LogP contribution in [-0.2, 0) is 24.4 Å². The number of hydrogen-bond acceptors (Lipinski definition) is 5. The van der Waals surface area contributed by atoms with E-state index in [2.05, 4.69) is 26.7 Å². The van der Waals surface area contributed by atoms with Gasteiger partial charge in [0, 0.05) is 4.47 Å². The van der Waals surface area contributed by atoms with Gasteiger partial charge in [-0.25, -0.2) is 4.79 Å². The first kappa shape index (κ1) is 56.8. The Morgan fingerprint density at radius 2 is 0.788 bits per heavy atom. The number of methoxy groups -OCH3 is 1. The molecule has 5 aromatic rings. The molecule has 0 aliphatic rings. The van der Waals surface area contributed by atoms with E-state index in [-0.39, 0.29) is 19.2 Å². The first-order valence-corrected chi connectivity index (χ1v) is 18.9. The Bertz CT molecular complexity index is 1330. The number of rotatable bonds is 4. The second kappa shape index (κ2) is 50.8. The van der Waals surface area contributed by atoms with Gasteiger partial charge in [-0.1, -0.05) is 213 Å². The summed E-state index contributed by atoms with van der Waals surface area (Å²) in [5.74, 6) is -0.291. The van der Waals surface area contributed by atoms with Crippen LogP contribution in [0.2, 0.25) is 0 Å². The third-order valence-corrected chi connectivity index (χ3v) is 5.63. The fraction of sp³-hybridized carbons (Fsp3) is 0.304. The van der Waals surface area contributed by atoms with E-state index in [1.54, 1.807) is 24.3 Å². The zero-order chi connectivity index (χ0) is 40.7. The summed E-state index contributed by atoms with van der Waals surface area (Å²) in [6.45, 7) is 20.3. The number of benzene rings is 5. The topological polar surface area (TPSA) is 90.6 Å². The highest BCUT2D eigenvalue weighted by Gasteiger charge is 2.00. The minimum absolute atomic E-state index is 0.140. The molecular weight excluding hydrogens is 710 g/mol. The summed E-state index contributed by atoms with van der Waals surface area (Å²) >= 11 is 3.31. The fourth-order valence-electron chi connectivity index (χ4n) is 2.96. The molecule has 52 heavy (non-hydrogen) atoms. The summed E-state index contributed by atoms with van der Waals surface area (Å²) in [4.78, 5) is 10.8. The van der Waals surface area contributed by atoms with E-state index < -0.39 is 0 Å². The van der Waals surface area contributed by atoms with E-state index in [1.807, 2.05) is 197 Å². The molecule has 5 aromatic carbocycles. The highest BCUT2D eigenvalue weighted by atomic mass is 79.9. The van der Waals surface area contributed by atoms with Crippen molar-refractivity contribution in [1.29, 1.82) is 5.26 Å². The summed E-state index contributed by atoms with van der Waals surface area (Å²) < 4.78 is 5.63. The van der Waals surface area contributed by atoms with Gasteiger partial charge in [0.25, 0.3) is 0 Å². The van der Waals surface area contributed by atoms with E-state index in [4.69, 9.17) is 15.5 Å². The third-order valence-electron chi connectivity index (χ3n) is 5.10. The summed E-state index contributed by atoms with van der Waals surface area (Å²) in [5.41, 5.74) is 3.60. The van der Waals surface area contributed by atoms with Crippen molar-refractivity contribution in [3.63, 3.8) is 0 Å². The minimum atomic E-state index is -0.291. The molecule has 6 heteroatoms. The summed E-state index contributed by atoms with van der Waals surface area (Å²) in [6.07, 6.45) is 0.515. The van der Waals surface area contributed by atoms with Gasteiger partial charge in [0.05, 0.1) is 38.4 Å². The summed E-state index contributed by atoms with van der Waals surface area (Å²) in [5, 5.41) is 25.3. The van der Waals surface area contributed by atoms with Crippen LogP contribution in [0.3, 0.4) is 0 Å². The highest BCUT2D eigenvalue weighted by molar-refractivity contribution is 9.10. The molecule has 0 atom stereocenters. The van der Waals surface area contributed by atoms with Crippen LogP contribution < -0.4 is 0 Å². The van der Waals surface area contributed by atoms with Crippen LogP contribution in [-0.4, -0.2) is 23.3 Å². The number of ether oxygens (including phenoxy) is 1. The van der Waals surface area contributed by atoms with Crippen LogP contribution in [0.1, 0.15) is 96.3 Å². The van der Waals surface area contributed by atoms with Crippen molar-refractivity contribution in [3.05, 3.63) is 178 Å². The number of nitriles is 1. The van der Waals surface area contributed by atoms with E-state index in [0.29, 0.717) is 12.0 Å². The van der Waals surface area contributed by atoms with Crippen molar-refractivity contribution in [2.75, 3.05) is 7.11 Å². The van der Waals surface area contributed by atoms with E-state index >= 15 is 0 Å². The van der Waals surface area contributed by atoms with Crippen molar-refractivity contribution >= 4 is 21.9 Å². The lowest BCUT2D eigenvalue weighted by Gasteiger charge is -1.95. The van der Waals surface area contributed by atoms with E-state index in [1.165, 1.54) is 7.11 Å². The van der Waals surface area contributed by atoms with Crippen LogP contribution in [0.4, 0.5) is 0 Å². The van der Waals surface area contributed by atoms with Crippen LogP contribution >= 0.6 is 15.9 Å². The molecule has 5 rings (SSSR count). The smallest absolute Gasteiger partial charge is 0.337 e. The average molecular weight is 777 g/mol. The second-order valence-corrected chi connectivity index (χ2v) is 9.18. The molecular formula is C46H66BrNO4. The van der Waals surface area contributed by atoms with Crippen LogP contribution in [0, 0.1) is 11.3 Å². The number of carbonyl (C=O) groups excluding carboxylic acids is 1. The van der Waals surface area contributed by atoms with Gasteiger partial charge in [-0.2, -0.15) is 5.26 Å². The maximum atomic E-state index is 10.8. The van der Waals surface area contributed by atoms with Gasteiger partial charge in [-0.3, -0.25) is 0 Å². The standard InChI is InChI=1S/C8H7N.C8H8O2.2C7H8O.C6H5Br.5C2H6/c9-7-6-8-4-2-1-3-5-8;1-10-8(9)7-5-3-2-4-6-7;2*8-6-7-4-2-1-3-5-7;7-6-4-2-1-3-5-6;5*1-2/h1-5H,6H2;2-6H,1H3;2*1-5,8H,6H2;1-5H;5*1-2H3. The van der Waals surface area contributed by atoms with Crippen molar-refractivity contribution < 1.29 is 19.7 Å². The van der Waals surface area contributed by atoms with Crippen molar-refractivity contribution in [1.82, 2.24) is 0 Å². The lowest BCUT2D eigenvalue weighted by atomic mass is 10.2. The Morgan fingerprint density at radius 3 is 1.00 bits per heavy atom. The third kappa shape index (κ3) is 38.3. The number of esters is 1. The molecule has 0 radical (unpaired) electrons. The zero-order valence-corrected chi connectivity index (χ0v) is 35.2. The number of halogens is 1. The predicted molar refractivity (Wildman–Crippen MR) is 229 cm³/mol. The lowest BCUT2D eigenvalue weighted by molar-refractivity contribution is 0.0600. The molecule has 0 fully saturated rings. The van der Waals surface area contributed by atoms with Gasteiger partial charge in [0.15, 0.2) is 0 Å². The first-order valence-electron chi connectivity index (χ1n) is 18.1. The van der Waals surface area contributed by atoms with Gasteiger partial charge in [-0.15, -0.1) is 0 Å².